The lowest BCUT2D eigenvalue weighted by Gasteiger charge is -2.24. The van der Waals surface area contributed by atoms with Crippen LogP contribution in [0.25, 0.3) is 0 Å². The average Bonchev–Trinajstić information content (AvgIpc) is 2.81. The van der Waals surface area contributed by atoms with Gasteiger partial charge in [-0.05, 0) is 36.9 Å². The normalized spacial score (nSPS) is 13.6. The van der Waals surface area contributed by atoms with E-state index in [4.69, 9.17) is 4.74 Å². The highest BCUT2D eigenvalue weighted by molar-refractivity contribution is 9.10. The molecule has 0 spiro atoms. The molecule has 1 amide bonds. The number of ketones is 1. The molecular weight excluding hydrogens is 372 g/mol. The summed E-state index contributed by atoms with van der Waals surface area (Å²) >= 11 is 3.41. The Morgan fingerprint density at radius 1 is 1.12 bits per heavy atom. The third-order valence-electron chi connectivity index (χ3n) is 3.93. The van der Waals surface area contributed by atoms with Crippen molar-refractivity contribution < 1.29 is 14.3 Å². The molecule has 124 valence electrons. The van der Waals surface area contributed by atoms with Gasteiger partial charge in [0.15, 0.2) is 0 Å². The molecule has 0 aromatic heterocycles. The van der Waals surface area contributed by atoms with Gasteiger partial charge in [-0.15, -0.1) is 0 Å². The first-order valence-electron chi connectivity index (χ1n) is 7.47. The number of benzene rings is 2. The molecule has 2 aromatic rings. The quantitative estimate of drug-likeness (QED) is 0.738. The minimum atomic E-state index is -0.499. The highest BCUT2D eigenvalue weighted by Gasteiger charge is 2.36. The third kappa shape index (κ3) is 3.20. The van der Waals surface area contributed by atoms with Crippen molar-refractivity contribution in [1.29, 1.82) is 0 Å². The molecule has 6 heteroatoms. The highest BCUT2D eigenvalue weighted by atomic mass is 79.9. The van der Waals surface area contributed by atoms with Crippen LogP contribution in [-0.2, 0) is 11.3 Å². The van der Waals surface area contributed by atoms with Gasteiger partial charge in [0.05, 0.1) is 25.0 Å². The number of fused-ring (bicyclic) bond motifs is 1. The van der Waals surface area contributed by atoms with E-state index in [2.05, 4.69) is 15.9 Å². The van der Waals surface area contributed by atoms with E-state index in [1.165, 1.54) is 4.90 Å². The summed E-state index contributed by atoms with van der Waals surface area (Å²) in [5.41, 5.74) is 2.16. The standard InChI is InChI=1S/C18H17BrN2O3/c1-20(10-12-3-5-13(19)6-4-12)11-21-16-9-14(24-2)7-8-15(16)17(22)18(21)23/h3-9H,10-11H2,1-2H3. The minimum absolute atomic E-state index is 0.334. The highest BCUT2D eigenvalue weighted by Crippen LogP contribution is 2.32. The Hall–Kier alpha value is -2.18. The van der Waals surface area contributed by atoms with Crippen molar-refractivity contribution in [3.8, 4) is 5.75 Å². The van der Waals surface area contributed by atoms with Crippen molar-refractivity contribution in [2.75, 3.05) is 25.7 Å². The second-order valence-electron chi connectivity index (χ2n) is 5.73. The number of methoxy groups -OCH3 is 1. The van der Waals surface area contributed by atoms with E-state index in [1.54, 1.807) is 25.3 Å². The van der Waals surface area contributed by atoms with Gasteiger partial charge in [0.25, 0.3) is 5.78 Å². The van der Waals surface area contributed by atoms with Crippen molar-refractivity contribution in [3.63, 3.8) is 0 Å². The van der Waals surface area contributed by atoms with Crippen molar-refractivity contribution in [3.05, 3.63) is 58.1 Å². The van der Waals surface area contributed by atoms with E-state index >= 15 is 0 Å². The van der Waals surface area contributed by atoms with Gasteiger partial charge >= 0.3 is 5.91 Å². The molecular formula is C18H17BrN2O3. The fourth-order valence-corrected chi connectivity index (χ4v) is 3.00. The number of anilines is 1. The molecule has 0 saturated carbocycles. The van der Waals surface area contributed by atoms with Gasteiger partial charge in [-0.1, -0.05) is 28.1 Å². The SMILES string of the molecule is COc1ccc2c(c1)N(CN(C)Cc1ccc(Br)cc1)C(=O)C2=O. The van der Waals surface area contributed by atoms with E-state index in [0.29, 0.717) is 30.2 Å². The third-order valence-corrected chi connectivity index (χ3v) is 4.46. The largest absolute Gasteiger partial charge is 0.497 e. The fraction of sp³-hybridized carbons (Fsp3) is 0.222. The monoisotopic (exact) mass is 388 g/mol. The Bertz CT molecular complexity index is 789. The maximum absolute atomic E-state index is 12.3. The molecule has 1 heterocycles. The zero-order valence-corrected chi connectivity index (χ0v) is 15.0. The van der Waals surface area contributed by atoms with Crippen LogP contribution in [0.4, 0.5) is 5.69 Å². The zero-order valence-electron chi connectivity index (χ0n) is 13.5. The molecule has 5 nitrogen and oxygen atoms in total. The molecule has 1 aliphatic heterocycles. The van der Waals surface area contributed by atoms with Crippen LogP contribution in [0.1, 0.15) is 15.9 Å². The number of rotatable bonds is 5. The van der Waals surface area contributed by atoms with Crippen molar-refractivity contribution in [2.45, 2.75) is 6.54 Å². The molecule has 2 aromatic carbocycles. The number of hydrogen-bond donors (Lipinski definition) is 0. The molecule has 0 saturated heterocycles. The molecule has 24 heavy (non-hydrogen) atoms. The van der Waals surface area contributed by atoms with Crippen LogP contribution in [0, 0.1) is 0 Å². The van der Waals surface area contributed by atoms with Gasteiger partial charge in [-0.2, -0.15) is 0 Å². The lowest BCUT2D eigenvalue weighted by atomic mass is 10.1. The van der Waals surface area contributed by atoms with Crippen LogP contribution in [0.3, 0.4) is 0 Å². The van der Waals surface area contributed by atoms with E-state index in [9.17, 15) is 9.59 Å². The van der Waals surface area contributed by atoms with Crippen LogP contribution < -0.4 is 9.64 Å². The van der Waals surface area contributed by atoms with Crippen LogP contribution in [0.2, 0.25) is 0 Å². The molecule has 0 radical (unpaired) electrons. The maximum Gasteiger partial charge on any atom is 0.300 e. The summed E-state index contributed by atoms with van der Waals surface area (Å²) in [7, 11) is 3.47. The summed E-state index contributed by atoms with van der Waals surface area (Å²) in [5, 5.41) is 0. The summed E-state index contributed by atoms with van der Waals surface area (Å²) in [6.07, 6.45) is 0. The molecule has 3 rings (SSSR count). The van der Waals surface area contributed by atoms with Crippen LogP contribution in [0.15, 0.2) is 46.9 Å². The van der Waals surface area contributed by atoms with E-state index in [1.807, 2.05) is 36.2 Å². The Labute approximate surface area is 148 Å². The number of Topliss-reactive ketones (excluding diaryl/α,β-unsaturated/α-hetero) is 1. The van der Waals surface area contributed by atoms with Crippen LogP contribution in [-0.4, -0.2) is 37.4 Å². The maximum atomic E-state index is 12.3. The number of carbonyl (C=O) groups excluding carboxylic acids is 2. The summed E-state index contributed by atoms with van der Waals surface area (Å²) < 4.78 is 6.23. The van der Waals surface area contributed by atoms with Gasteiger partial charge < -0.3 is 4.74 Å². The van der Waals surface area contributed by atoms with Crippen LogP contribution >= 0.6 is 15.9 Å². The van der Waals surface area contributed by atoms with Gasteiger partial charge in [0, 0.05) is 17.1 Å². The Morgan fingerprint density at radius 2 is 1.83 bits per heavy atom. The summed E-state index contributed by atoms with van der Waals surface area (Å²) in [6.45, 7) is 1.01. The van der Waals surface area contributed by atoms with Crippen molar-refractivity contribution in [1.82, 2.24) is 4.90 Å². The second-order valence-corrected chi connectivity index (χ2v) is 6.64. The number of halogens is 1. The summed E-state index contributed by atoms with van der Waals surface area (Å²) in [5.74, 6) is -0.345. The van der Waals surface area contributed by atoms with E-state index in [-0.39, 0.29) is 0 Å². The lowest BCUT2D eigenvalue weighted by Crippen LogP contribution is -2.38. The second kappa shape index (κ2) is 6.75. The molecule has 0 unspecified atom stereocenters. The Balaban J connectivity index is 1.78. The average molecular weight is 389 g/mol. The number of nitrogens with zero attached hydrogens (tertiary/aromatic N) is 2. The van der Waals surface area contributed by atoms with Gasteiger partial charge in [0.1, 0.15) is 5.75 Å². The number of carbonyl (C=O) groups is 2. The van der Waals surface area contributed by atoms with Crippen molar-refractivity contribution >= 4 is 33.3 Å². The minimum Gasteiger partial charge on any atom is -0.497 e. The molecule has 0 bridgehead atoms. The predicted octanol–water partition coefficient (Wildman–Crippen LogP) is 3.08. The predicted molar refractivity (Wildman–Crippen MR) is 95.3 cm³/mol. The number of ether oxygens (including phenoxy) is 1. The zero-order chi connectivity index (χ0) is 17.3. The Kier molecular flexibility index (Phi) is 4.69. The van der Waals surface area contributed by atoms with E-state index < -0.39 is 11.7 Å². The van der Waals surface area contributed by atoms with Gasteiger partial charge in [0.2, 0.25) is 0 Å². The number of amides is 1. The first kappa shape index (κ1) is 16.7. The van der Waals surface area contributed by atoms with Gasteiger partial charge in [-0.25, -0.2) is 0 Å². The smallest absolute Gasteiger partial charge is 0.300 e. The topological polar surface area (TPSA) is 49.9 Å². The molecule has 0 N–H and O–H groups in total. The molecule has 1 aliphatic rings. The number of hydrogen-bond acceptors (Lipinski definition) is 4. The fourth-order valence-electron chi connectivity index (χ4n) is 2.73. The first-order valence-corrected chi connectivity index (χ1v) is 8.26. The lowest BCUT2D eigenvalue weighted by molar-refractivity contribution is -0.114. The Morgan fingerprint density at radius 3 is 2.50 bits per heavy atom. The van der Waals surface area contributed by atoms with Crippen molar-refractivity contribution in [2.24, 2.45) is 0 Å². The molecule has 0 fully saturated rings. The van der Waals surface area contributed by atoms with E-state index in [0.717, 1.165) is 10.0 Å². The molecule has 0 atom stereocenters. The summed E-state index contributed by atoms with van der Waals surface area (Å²) in [6, 6.07) is 13.1. The first-order chi connectivity index (χ1) is 11.5. The molecule has 0 aliphatic carbocycles. The van der Waals surface area contributed by atoms with Crippen LogP contribution in [0.5, 0.6) is 5.75 Å². The summed E-state index contributed by atoms with van der Waals surface area (Å²) in [4.78, 5) is 27.9. The van der Waals surface area contributed by atoms with Gasteiger partial charge in [-0.3, -0.25) is 19.4 Å².